The molecule has 0 aromatic heterocycles. The van der Waals surface area contributed by atoms with E-state index in [1.807, 2.05) is 4.90 Å². The summed E-state index contributed by atoms with van der Waals surface area (Å²) in [5.74, 6) is -0.922. The van der Waals surface area contributed by atoms with E-state index >= 15 is 0 Å². The molecule has 114 valence electrons. The molecule has 1 unspecified atom stereocenters. The van der Waals surface area contributed by atoms with Gasteiger partial charge in [0.05, 0.1) is 0 Å². The van der Waals surface area contributed by atoms with E-state index in [9.17, 15) is 9.59 Å². The molecule has 0 spiro atoms. The monoisotopic (exact) mass is 374 g/mol. The van der Waals surface area contributed by atoms with Crippen LogP contribution in [0.4, 0.5) is 0 Å². The second kappa shape index (κ2) is 6.77. The van der Waals surface area contributed by atoms with Gasteiger partial charge in [-0.3, -0.25) is 14.5 Å². The van der Waals surface area contributed by atoms with Gasteiger partial charge in [-0.05, 0) is 25.1 Å². The number of hydrogen-bond acceptors (Lipinski definition) is 3. The quantitative estimate of drug-likeness (QED) is 0.881. The van der Waals surface area contributed by atoms with Crippen LogP contribution in [-0.4, -0.2) is 59.0 Å². The Bertz CT molecular complexity index is 539. The molecule has 1 N–H and O–H groups in total. The first-order chi connectivity index (χ1) is 9.88. The lowest BCUT2D eigenvalue weighted by Gasteiger charge is -2.36. The molecule has 1 aliphatic heterocycles. The van der Waals surface area contributed by atoms with E-state index in [1.165, 1.54) is 0 Å². The Hall–Kier alpha value is -1.11. The van der Waals surface area contributed by atoms with Crippen LogP contribution in [0.1, 0.15) is 17.3 Å². The van der Waals surface area contributed by atoms with Crippen molar-refractivity contribution in [2.45, 2.75) is 13.0 Å². The minimum atomic E-state index is -0.839. The van der Waals surface area contributed by atoms with Crippen molar-refractivity contribution < 1.29 is 14.7 Å². The maximum absolute atomic E-state index is 12.4. The summed E-state index contributed by atoms with van der Waals surface area (Å²) >= 11 is 9.28. The maximum atomic E-state index is 12.4. The topological polar surface area (TPSA) is 60.9 Å². The van der Waals surface area contributed by atoms with Crippen molar-refractivity contribution in [3.8, 4) is 0 Å². The Balaban J connectivity index is 2.01. The fourth-order valence-electron chi connectivity index (χ4n) is 2.33. The molecule has 0 saturated carbocycles. The molecule has 21 heavy (non-hydrogen) atoms. The molecule has 2 rings (SSSR count). The third-order valence-corrected chi connectivity index (χ3v) is 4.29. The van der Waals surface area contributed by atoms with Gasteiger partial charge in [0.15, 0.2) is 0 Å². The molecule has 0 radical (unpaired) electrons. The molecule has 5 nitrogen and oxygen atoms in total. The van der Waals surface area contributed by atoms with E-state index in [2.05, 4.69) is 15.9 Å². The molecular weight excluding hydrogens is 360 g/mol. The van der Waals surface area contributed by atoms with E-state index in [-0.39, 0.29) is 5.91 Å². The van der Waals surface area contributed by atoms with E-state index < -0.39 is 12.0 Å². The zero-order valence-electron chi connectivity index (χ0n) is 11.6. The van der Waals surface area contributed by atoms with Gasteiger partial charge in [0.2, 0.25) is 0 Å². The summed E-state index contributed by atoms with van der Waals surface area (Å²) in [6.45, 7) is 3.80. The van der Waals surface area contributed by atoms with Crippen LogP contribution < -0.4 is 0 Å². The molecule has 1 saturated heterocycles. The Kier molecular flexibility index (Phi) is 5.24. The van der Waals surface area contributed by atoms with Crippen molar-refractivity contribution in [2.24, 2.45) is 0 Å². The lowest BCUT2D eigenvalue weighted by Crippen LogP contribution is -2.53. The number of carbonyl (C=O) groups is 2. The number of nitrogens with zero attached hydrogens (tertiary/aromatic N) is 2. The van der Waals surface area contributed by atoms with Gasteiger partial charge in [0, 0.05) is 41.2 Å². The van der Waals surface area contributed by atoms with Crippen molar-refractivity contribution in [1.29, 1.82) is 0 Å². The van der Waals surface area contributed by atoms with Crippen LogP contribution in [0.3, 0.4) is 0 Å². The zero-order chi connectivity index (χ0) is 15.6. The summed E-state index contributed by atoms with van der Waals surface area (Å²) in [4.78, 5) is 27.0. The zero-order valence-corrected chi connectivity index (χ0v) is 13.9. The van der Waals surface area contributed by atoms with Crippen LogP contribution in [0.2, 0.25) is 5.02 Å². The minimum absolute atomic E-state index is 0.0826. The molecule has 1 aromatic rings. The molecule has 1 heterocycles. The average Bonchev–Trinajstić information content (AvgIpc) is 2.44. The van der Waals surface area contributed by atoms with Crippen LogP contribution in [-0.2, 0) is 4.79 Å². The van der Waals surface area contributed by atoms with Gasteiger partial charge in [0.25, 0.3) is 5.91 Å². The van der Waals surface area contributed by atoms with E-state index in [0.29, 0.717) is 36.8 Å². The lowest BCUT2D eigenvalue weighted by atomic mass is 10.1. The Morgan fingerprint density at radius 3 is 2.38 bits per heavy atom. The maximum Gasteiger partial charge on any atom is 0.320 e. The van der Waals surface area contributed by atoms with Gasteiger partial charge in [0.1, 0.15) is 6.04 Å². The second-order valence-electron chi connectivity index (χ2n) is 5.00. The molecular formula is C14H16BrClN2O3. The molecule has 1 fully saturated rings. The number of hydrogen-bond donors (Lipinski definition) is 1. The van der Waals surface area contributed by atoms with E-state index in [1.54, 1.807) is 30.0 Å². The third-order valence-electron chi connectivity index (χ3n) is 3.62. The normalized spacial score (nSPS) is 17.6. The van der Waals surface area contributed by atoms with Crippen molar-refractivity contribution in [3.05, 3.63) is 33.3 Å². The van der Waals surface area contributed by atoms with Gasteiger partial charge in [-0.25, -0.2) is 0 Å². The molecule has 1 atom stereocenters. The van der Waals surface area contributed by atoms with Gasteiger partial charge in [-0.2, -0.15) is 0 Å². The van der Waals surface area contributed by atoms with Crippen molar-refractivity contribution >= 4 is 39.4 Å². The Morgan fingerprint density at radius 2 is 1.86 bits per heavy atom. The van der Waals surface area contributed by atoms with Crippen LogP contribution in [0.25, 0.3) is 0 Å². The molecule has 1 amide bonds. The third kappa shape index (κ3) is 3.96. The summed E-state index contributed by atoms with van der Waals surface area (Å²) in [6, 6.07) is 4.58. The summed E-state index contributed by atoms with van der Waals surface area (Å²) in [6.07, 6.45) is 0. The fourth-order valence-corrected chi connectivity index (χ4v) is 3.19. The SMILES string of the molecule is CC(C(=O)O)N1CCN(C(=O)c2cc(Cl)cc(Br)c2)CC1. The molecule has 0 bridgehead atoms. The number of rotatable bonds is 3. The highest BCUT2D eigenvalue weighted by atomic mass is 79.9. The largest absolute Gasteiger partial charge is 0.480 e. The highest BCUT2D eigenvalue weighted by Crippen LogP contribution is 2.21. The second-order valence-corrected chi connectivity index (χ2v) is 6.35. The van der Waals surface area contributed by atoms with Crippen LogP contribution in [0, 0.1) is 0 Å². The predicted molar refractivity (Wildman–Crippen MR) is 83.7 cm³/mol. The average molecular weight is 376 g/mol. The Morgan fingerprint density at radius 1 is 1.24 bits per heavy atom. The van der Waals surface area contributed by atoms with E-state index in [0.717, 1.165) is 4.47 Å². The smallest absolute Gasteiger partial charge is 0.320 e. The van der Waals surface area contributed by atoms with Crippen LogP contribution >= 0.6 is 27.5 Å². The van der Waals surface area contributed by atoms with Gasteiger partial charge >= 0.3 is 5.97 Å². The number of carboxylic acid groups (broad SMARTS) is 1. The van der Waals surface area contributed by atoms with Crippen molar-refractivity contribution in [3.63, 3.8) is 0 Å². The minimum Gasteiger partial charge on any atom is -0.480 e. The van der Waals surface area contributed by atoms with E-state index in [4.69, 9.17) is 16.7 Å². The van der Waals surface area contributed by atoms with Gasteiger partial charge < -0.3 is 10.0 Å². The molecule has 1 aliphatic rings. The standard InChI is InChI=1S/C14H16BrClN2O3/c1-9(14(20)21)17-2-4-18(5-3-17)13(19)10-6-11(15)8-12(16)7-10/h6-9H,2-5H2,1H3,(H,20,21). The first-order valence-corrected chi connectivity index (χ1v) is 7.78. The number of aliphatic carboxylic acids is 1. The van der Waals surface area contributed by atoms with Gasteiger partial charge in [-0.15, -0.1) is 0 Å². The van der Waals surface area contributed by atoms with Crippen LogP contribution in [0.5, 0.6) is 0 Å². The van der Waals surface area contributed by atoms with Gasteiger partial charge in [-0.1, -0.05) is 27.5 Å². The van der Waals surface area contributed by atoms with Crippen molar-refractivity contribution in [2.75, 3.05) is 26.2 Å². The molecule has 0 aliphatic carbocycles. The lowest BCUT2D eigenvalue weighted by molar-refractivity contribution is -0.143. The van der Waals surface area contributed by atoms with Crippen LogP contribution in [0.15, 0.2) is 22.7 Å². The first kappa shape index (κ1) is 16.3. The number of benzene rings is 1. The predicted octanol–water partition coefficient (Wildman–Crippen LogP) is 2.33. The summed E-state index contributed by atoms with van der Waals surface area (Å²) in [7, 11) is 0. The molecule has 1 aromatic carbocycles. The Labute approximate surface area is 136 Å². The number of piperazine rings is 1. The fraction of sp³-hybridized carbons (Fsp3) is 0.429. The number of amides is 1. The van der Waals surface area contributed by atoms with Crippen molar-refractivity contribution in [1.82, 2.24) is 9.80 Å². The highest BCUT2D eigenvalue weighted by Gasteiger charge is 2.27. The number of halogens is 2. The highest BCUT2D eigenvalue weighted by molar-refractivity contribution is 9.10. The number of carboxylic acids is 1. The first-order valence-electron chi connectivity index (χ1n) is 6.60. The number of carbonyl (C=O) groups excluding carboxylic acids is 1. The summed E-state index contributed by atoms with van der Waals surface area (Å²) in [5, 5.41) is 9.51. The molecule has 7 heteroatoms. The summed E-state index contributed by atoms with van der Waals surface area (Å²) < 4.78 is 0.761. The summed E-state index contributed by atoms with van der Waals surface area (Å²) in [5.41, 5.74) is 0.536.